The van der Waals surface area contributed by atoms with Crippen LogP contribution in [0.1, 0.15) is 62.2 Å². The number of aryl methyl sites for hydroxylation is 1. The average Bonchev–Trinajstić information content (AvgIpc) is 3.00. The second kappa shape index (κ2) is 8.11. The molecule has 0 saturated carbocycles. The van der Waals surface area contributed by atoms with Crippen molar-refractivity contribution in [3.8, 4) is 0 Å². The van der Waals surface area contributed by atoms with Crippen molar-refractivity contribution in [1.82, 2.24) is 15.3 Å². The molecule has 1 atom stereocenters. The van der Waals surface area contributed by atoms with Gasteiger partial charge < -0.3 is 20.1 Å². The number of hydrogen-bond donors (Lipinski definition) is 2. The minimum atomic E-state index is -0.538. The zero-order chi connectivity index (χ0) is 22.2. The van der Waals surface area contributed by atoms with E-state index in [4.69, 9.17) is 4.74 Å². The zero-order valence-corrected chi connectivity index (χ0v) is 18.8. The molecule has 1 aromatic carbocycles. The molecule has 4 rings (SSSR count). The number of aliphatic hydroxyl groups excluding tert-OH is 1. The Bertz CT molecular complexity index is 962. The molecule has 0 bridgehead atoms. The van der Waals surface area contributed by atoms with Crippen LogP contribution < -0.4 is 10.2 Å². The number of carbonyl (C=O) groups excluding carboxylic acids is 1. The second-order valence-electron chi connectivity index (χ2n) is 9.74. The number of aromatic nitrogens is 2. The summed E-state index contributed by atoms with van der Waals surface area (Å²) in [4.78, 5) is 23.9. The van der Waals surface area contributed by atoms with Crippen molar-refractivity contribution in [1.29, 1.82) is 0 Å². The van der Waals surface area contributed by atoms with Crippen LogP contribution in [0.2, 0.25) is 0 Å². The van der Waals surface area contributed by atoms with Gasteiger partial charge >= 0.3 is 6.09 Å². The Morgan fingerprint density at radius 2 is 2.00 bits per heavy atom. The van der Waals surface area contributed by atoms with E-state index in [9.17, 15) is 9.90 Å². The van der Waals surface area contributed by atoms with E-state index in [1.165, 1.54) is 11.1 Å². The van der Waals surface area contributed by atoms with E-state index in [1.54, 1.807) is 6.20 Å². The predicted molar refractivity (Wildman–Crippen MR) is 119 cm³/mol. The molecule has 7 heteroatoms. The zero-order valence-electron chi connectivity index (χ0n) is 18.8. The van der Waals surface area contributed by atoms with Crippen LogP contribution >= 0.6 is 0 Å². The van der Waals surface area contributed by atoms with Crippen molar-refractivity contribution in [3.63, 3.8) is 0 Å². The number of amides is 1. The maximum absolute atomic E-state index is 12.7. The number of ether oxygens (including phenoxy) is 1. The van der Waals surface area contributed by atoms with Crippen LogP contribution in [0, 0.1) is 12.3 Å². The monoisotopic (exact) mass is 424 g/mol. The highest BCUT2D eigenvalue weighted by Crippen LogP contribution is 2.52. The van der Waals surface area contributed by atoms with Gasteiger partial charge in [0.15, 0.2) is 5.82 Å². The van der Waals surface area contributed by atoms with Gasteiger partial charge in [0.25, 0.3) is 0 Å². The molecule has 1 fully saturated rings. The Labute approximate surface area is 183 Å². The molecule has 2 aromatic rings. The lowest BCUT2D eigenvalue weighted by Gasteiger charge is -2.44. The fraction of sp³-hybridized carbons (Fsp3) is 0.542. The van der Waals surface area contributed by atoms with Crippen LogP contribution in [-0.2, 0) is 17.8 Å². The van der Waals surface area contributed by atoms with Gasteiger partial charge in [-0.05, 0) is 58.1 Å². The van der Waals surface area contributed by atoms with Gasteiger partial charge in [-0.1, -0.05) is 24.3 Å². The Balaban J connectivity index is 1.57. The minimum Gasteiger partial charge on any atom is -0.444 e. The van der Waals surface area contributed by atoms with Gasteiger partial charge in [0.05, 0.1) is 18.3 Å². The third kappa shape index (κ3) is 4.37. The largest absolute Gasteiger partial charge is 0.444 e. The van der Waals surface area contributed by atoms with Gasteiger partial charge in [0.1, 0.15) is 11.3 Å². The number of benzene rings is 1. The maximum atomic E-state index is 12.7. The predicted octanol–water partition coefficient (Wildman–Crippen LogP) is 3.69. The maximum Gasteiger partial charge on any atom is 0.408 e. The highest BCUT2D eigenvalue weighted by Gasteiger charge is 2.48. The third-order valence-corrected chi connectivity index (χ3v) is 6.34. The Morgan fingerprint density at radius 3 is 2.68 bits per heavy atom. The lowest BCUT2D eigenvalue weighted by atomic mass is 9.72. The molecular formula is C24H32N4O3. The van der Waals surface area contributed by atoms with Crippen LogP contribution in [0.25, 0.3) is 0 Å². The van der Waals surface area contributed by atoms with E-state index in [0.717, 1.165) is 43.9 Å². The van der Waals surface area contributed by atoms with Crippen molar-refractivity contribution in [3.05, 3.63) is 53.0 Å². The molecular weight excluding hydrogens is 392 g/mol. The molecule has 1 saturated heterocycles. The smallest absolute Gasteiger partial charge is 0.408 e. The van der Waals surface area contributed by atoms with Gasteiger partial charge in [-0.15, -0.1) is 0 Å². The molecule has 166 valence electrons. The van der Waals surface area contributed by atoms with Gasteiger partial charge in [-0.2, -0.15) is 0 Å². The third-order valence-electron chi connectivity index (χ3n) is 6.34. The van der Waals surface area contributed by atoms with Gasteiger partial charge in [-0.25, -0.2) is 9.78 Å². The SMILES string of the molecule is Cc1cnc(CO)c(N2CCC3(CC2)Cc2ccccc2[C@@H]3NC(=O)OC(C)(C)C)n1. The molecule has 1 spiro atoms. The van der Waals surface area contributed by atoms with Crippen molar-refractivity contribution < 1.29 is 14.6 Å². The number of alkyl carbamates (subject to hydrolysis) is 1. The molecule has 2 N–H and O–H groups in total. The number of anilines is 1. The summed E-state index contributed by atoms with van der Waals surface area (Å²) in [5, 5.41) is 12.9. The number of nitrogens with zero attached hydrogens (tertiary/aromatic N) is 3. The molecule has 7 nitrogen and oxygen atoms in total. The fourth-order valence-electron chi connectivity index (χ4n) is 4.93. The Morgan fingerprint density at radius 1 is 1.29 bits per heavy atom. The molecule has 0 radical (unpaired) electrons. The minimum absolute atomic E-state index is 0.0618. The van der Waals surface area contributed by atoms with Crippen LogP contribution in [-0.4, -0.2) is 39.9 Å². The summed E-state index contributed by atoms with van der Waals surface area (Å²) in [7, 11) is 0. The number of carbonyl (C=O) groups is 1. The summed E-state index contributed by atoms with van der Waals surface area (Å²) in [5.41, 5.74) is 3.33. The topological polar surface area (TPSA) is 87.6 Å². The van der Waals surface area contributed by atoms with E-state index < -0.39 is 5.60 Å². The lowest BCUT2D eigenvalue weighted by molar-refractivity contribution is 0.0428. The first-order valence-corrected chi connectivity index (χ1v) is 11.0. The summed E-state index contributed by atoms with van der Waals surface area (Å²) in [6, 6.07) is 8.30. The molecule has 2 heterocycles. The first kappa shape index (κ1) is 21.6. The Kier molecular flexibility index (Phi) is 5.64. The van der Waals surface area contributed by atoms with E-state index in [0.29, 0.717) is 5.69 Å². The normalized spacial score (nSPS) is 19.9. The number of fused-ring (bicyclic) bond motifs is 1. The van der Waals surface area contributed by atoms with Crippen LogP contribution in [0.5, 0.6) is 0 Å². The summed E-state index contributed by atoms with van der Waals surface area (Å²) in [6.45, 7) is 9.02. The molecule has 31 heavy (non-hydrogen) atoms. The number of piperidine rings is 1. The Hall–Kier alpha value is -2.67. The standard InChI is InChI=1S/C24H32N4O3/c1-16-14-25-19(15-29)21(26-16)28-11-9-24(10-12-28)13-17-7-5-6-8-18(17)20(24)27-22(30)31-23(2,3)4/h5-8,14,20,29H,9-13,15H2,1-4H3,(H,27,30)/t20-/m0/s1. The molecule has 1 aromatic heterocycles. The van der Waals surface area contributed by atoms with E-state index in [2.05, 4.69) is 38.4 Å². The molecule has 2 aliphatic rings. The van der Waals surface area contributed by atoms with Crippen molar-refractivity contribution >= 4 is 11.9 Å². The summed E-state index contributed by atoms with van der Waals surface area (Å²) in [5.74, 6) is 0.768. The highest BCUT2D eigenvalue weighted by molar-refractivity contribution is 5.69. The fourth-order valence-corrected chi connectivity index (χ4v) is 4.93. The van der Waals surface area contributed by atoms with Crippen LogP contribution in [0.4, 0.5) is 10.6 Å². The van der Waals surface area contributed by atoms with E-state index in [-0.39, 0.29) is 24.2 Å². The quantitative estimate of drug-likeness (QED) is 0.781. The molecule has 1 aliphatic carbocycles. The first-order valence-electron chi connectivity index (χ1n) is 11.0. The summed E-state index contributed by atoms with van der Waals surface area (Å²) >= 11 is 0. The summed E-state index contributed by atoms with van der Waals surface area (Å²) < 4.78 is 5.58. The van der Waals surface area contributed by atoms with Crippen LogP contribution in [0.15, 0.2) is 30.5 Å². The highest BCUT2D eigenvalue weighted by atomic mass is 16.6. The van der Waals surface area contributed by atoms with Gasteiger partial charge in [0, 0.05) is 24.7 Å². The number of aliphatic hydroxyl groups is 1. The summed E-state index contributed by atoms with van der Waals surface area (Å²) in [6.07, 6.45) is 4.06. The van der Waals surface area contributed by atoms with E-state index in [1.807, 2.05) is 33.8 Å². The second-order valence-corrected chi connectivity index (χ2v) is 9.74. The molecule has 0 unspecified atom stereocenters. The molecule has 1 aliphatic heterocycles. The number of hydrogen-bond acceptors (Lipinski definition) is 6. The van der Waals surface area contributed by atoms with Crippen molar-refractivity contribution in [2.75, 3.05) is 18.0 Å². The first-order chi connectivity index (χ1) is 14.7. The van der Waals surface area contributed by atoms with Gasteiger partial charge in [-0.3, -0.25) is 4.98 Å². The average molecular weight is 425 g/mol. The van der Waals surface area contributed by atoms with Crippen molar-refractivity contribution in [2.24, 2.45) is 5.41 Å². The lowest BCUT2D eigenvalue weighted by Crippen LogP contribution is -2.48. The van der Waals surface area contributed by atoms with E-state index >= 15 is 0 Å². The van der Waals surface area contributed by atoms with Crippen LogP contribution in [0.3, 0.4) is 0 Å². The van der Waals surface area contributed by atoms with Crippen molar-refractivity contribution in [2.45, 2.75) is 65.2 Å². The number of rotatable bonds is 3. The number of nitrogens with one attached hydrogen (secondary N) is 1. The molecule has 1 amide bonds. The van der Waals surface area contributed by atoms with Gasteiger partial charge in [0.2, 0.25) is 0 Å².